The van der Waals surface area contributed by atoms with Gasteiger partial charge in [0, 0.05) is 38.6 Å². The van der Waals surface area contributed by atoms with Crippen molar-refractivity contribution in [3.05, 3.63) is 23.9 Å². The van der Waals surface area contributed by atoms with Gasteiger partial charge in [-0.25, -0.2) is 0 Å². The zero-order valence-electron chi connectivity index (χ0n) is 18.0. The van der Waals surface area contributed by atoms with E-state index < -0.39 is 0 Å². The largest absolute Gasteiger partial charge is 0.375 e. The molecule has 1 N–H and O–H groups in total. The third-order valence-electron chi connectivity index (χ3n) is 7.93. The monoisotopic (exact) mass is 408 g/mol. The molecule has 0 amide bonds. The summed E-state index contributed by atoms with van der Waals surface area (Å²) < 4.78 is 7.92. The molecule has 160 valence electrons. The van der Waals surface area contributed by atoms with Crippen LogP contribution < -0.4 is 5.32 Å². The van der Waals surface area contributed by atoms with E-state index in [1.165, 1.54) is 51.7 Å². The van der Waals surface area contributed by atoms with Crippen LogP contribution in [0, 0.1) is 24.7 Å². The first-order chi connectivity index (χ1) is 14.6. The van der Waals surface area contributed by atoms with E-state index >= 15 is 0 Å². The Morgan fingerprint density at radius 1 is 1.10 bits per heavy atom. The molecule has 7 heteroatoms. The number of nitrogens with zero attached hydrogens (tertiary/aromatic N) is 5. The lowest BCUT2D eigenvalue weighted by molar-refractivity contribution is 0.0854. The molecule has 3 aliphatic heterocycles. The van der Waals surface area contributed by atoms with Gasteiger partial charge in [0.15, 0.2) is 0 Å². The van der Waals surface area contributed by atoms with Gasteiger partial charge in [-0.15, -0.1) is 10.2 Å². The highest BCUT2D eigenvalue weighted by atomic mass is 16.5. The van der Waals surface area contributed by atoms with Gasteiger partial charge in [0.25, 0.3) is 0 Å². The Bertz CT molecular complexity index is 877. The predicted molar refractivity (Wildman–Crippen MR) is 115 cm³/mol. The highest BCUT2D eigenvalue weighted by molar-refractivity contribution is 5.59. The number of ether oxygens (including phenoxy) is 1. The number of anilines is 1. The molecule has 3 saturated heterocycles. The Kier molecular flexibility index (Phi) is 4.57. The number of likely N-dealkylation sites (tertiary alicyclic amines) is 1. The minimum absolute atomic E-state index is 0.520. The Hall–Kier alpha value is -1.99. The van der Waals surface area contributed by atoms with Crippen molar-refractivity contribution in [3.63, 3.8) is 0 Å². The minimum atomic E-state index is 0.520. The van der Waals surface area contributed by atoms with Gasteiger partial charge in [0.1, 0.15) is 11.5 Å². The van der Waals surface area contributed by atoms with Gasteiger partial charge in [0.05, 0.1) is 24.1 Å². The molecule has 2 aromatic heterocycles. The lowest BCUT2D eigenvalue weighted by Gasteiger charge is -2.26. The van der Waals surface area contributed by atoms with Crippen LogP contribution in [0.3, 0.4) is 0 Å². The fraction of sp³-hybridized carbons (Fsp3) is 0.696. The fourth-order valence-electron chi connectivity index (χ4n) is 6.59. The van der Waals surface area contributed by atoms with Crippen LogP contribution in [0.15, 0.2) is 18.3 Å². The van der Waals surface area contributed by atoms with Crippen LogP contribution in [0.2, 0.25) is 0 Å². The molecule has 0 aromatic carbocycles. The van der Waals surface area contributed by atoms with Gasteiger partial charge in [-0.05, 0) is 68.6 Å². The first-order valence-corrected chi connectivity index (χ1v) is 11.6. The van der Waals surface area contributed by atoms with Crippen molar-refractivity contribution in [2.75, 3.05) is 25.0 Å². The number of rotatable bonds is 5. The van der Waals surface area contributed by atoms with Gasteiger partial charge in [-0.3, -0.25) is 4.68 Å². The zero-order chi connectivity index (χ0) is 20.2. The van der Waals surface area contributed by atoms with Gasteiger partial charge in [-0.1, -0.05) is 0 Å². The summed E-state index contributed by atoms with van der Waals surface area (Å²) >= 11 is 0. The average Bonchev–Trinajstić information content (AvgIpc) is 3.52. The molecule has 6 atom stereocenters. The van der Waals surface area contributed by atoms with E-state index in [9.17, 15) is 0 Å². The molecule has 1 aliphatic carbocycles. The molecule has 6 rings (SSSR count). The van der Waals surface area contributed by atoms with Crippen LogP contribution in [0.5, 0.6) is 0 Å². The van der Waals surface area contributed by atoms with Crippen LogP contribution in [0.4, 0.5) is 5.82 Å². The van der Waals surface area contributed by atoms with Gasteiger partial charge in [-0.2, -0.15) is 5.10 Å². The molecular formula is C23H32N6O. The summed E-state index contributed by atoms with van der Waals surface area (Å²) in [5.41, 5.74) is 3.03. The van der Waals surface area contributed by atoms with E-state index in [0.29, 0.717) is 18.2 Å². The molecule has 7 nitrogen and oxygen atoms in total. The summed E-state index contributed by atoms with van der Waals surface area (Å²) in [6.45, 7) is 5.84. The van der Waals surface area contributed by atoms with Crippen molar-refractivity contribution in [3.8, 4) is 11.4 Å². The Labute approximate surface area is 178 Å². The number of hydrogen-bond acceptors (Lipinski definition) is 6. The summed E-state index contributed by atoms with van der Waals surface area (Å²) in [4.78, 5) is 2.73. The van der Waals surface area contributed by atoms with E-state index in [1.807, 2.05) is 24.0 Å². The molecule has 30 heavy (non-hydrogen) atoms. The highest BCUT2D eigenvalue weighted by Crippen LogP contribution is 2.43. The number of hydrogen-bond donors (Lipinski definition) is 1. The van der Waals surface area contributed by atoms with E-state index in [2.05, 4.69) is 38.5 Å². The van der Waals surface area contributed by atoms with Crippen LogP contribution in [-0.2, 0) is 11.8 Å². The van der Waals surface area contributed by atoms with Crippen LogP contribution in [-0.4, -0.2) is 62.8 Å². The summed E-state index contributed by atoms with van der Waals surface area (Å²) in [5.74, 6) is 3.32. The van der Waals surface area contributed by atoms with Crippen molar-refractivity contribution in [2.24, 2.45) is 24.8 Å². The quantitative estimate of drug-likeness (QED) is 0.821. The first kappa shape index (κ1) is 18.8. The van der Waals surface area contributed by atoms with Crippen LogP contribution >= 0.6 is 0 Å². The third kappa shape index (κ3) is 3.32. The summed E-state index contributed by atoms with van der Waals surface area (Å²) in [6, 6.07) is 4.63. The van der Waals surface area contributed by atoms with Crippen molar-refractivity contribution in [2.45, 2.75) is 57.3 Å². The van der Waals surface area contributed by atoms with Crippen LogP contribution in [0.1, 0.15) is 37.7 Å². The van der Waals surface area contributed by atoms with Gasteiger partial charge < -0.3 is 15.0 Å². The third-order valence-corrected chi connectivity index (χ3v) is 7.93. The van der Waals surface area contributed by atoms with Crippen molar-refractivity contribution in [1.29, 1.82) is 0 Å². The van der Waals surface area contributed by atoms with E-state index in [-0.39, 0.29) is 0 Å². The molecule has 0 spiro atoms. The summed E-state index contributed by atoms with van der Waals surface area (Å²) in [5, 5.41) is 16.9. The van der Waals surface area contributed by atoms with Crippen molar-refractivity contribution >= 4 is 5.82 Å². The number of nitrogens with one attached hydrogen (secondary N) is 1. The number of aromatic nitrogens is 4. The van der Waals surface area contributed by atoms with Crippen LogP contribution in [0.25, 0.3) is 11.4 Å². The van der Waals surface area contributed by atoms with Gasteiger partial charge >= 0.3 is 0 Å². The molecule has 4 unspecified atom stereocenters. The number of aryl methyl sites for hydroxylation is 2. The summed E-state index contributed by atoms with van der Waals surface area (Å²) in [7, 11) is 1.95. The van der Waals surface area contributed by atoms with E-state index in [1.54, 1.807) is 0 Å². The average molecular weight is 409 g/mol. The molecule has 2 aromatic rings. The topological polar surface area (TPSA) is 68.1 Å². The molecular weight excluding hydrogens is 376 g/mol. The second kappa shape index (κ2) is 7.31. The van der Waals surface area contributed by atoms with Gasteiger partial charge in [0.2, 0.25) is 0 Å². The SMILES string of the molecule is Cc1cnn(C)c1-c1ccc(NC2C[C@@H]3CN(CC4CC5CCC4O5)C[C@@H]3C2)nn1. The minimum Gasteiger partial charge on any atom is -0.375 e. The molecule has 4 fully saturated rings. The standard InChI is InChI=1S/C23H32N6O/c1-14-10-24-28(2)23(14)20-4-6-22(27-26-20)25-18-7-15-11-29(12-16(15)8-18)13-17-9-19-3-5-21(17)30-19/h4,6,10,15-19,21H,3,5,7-9,11-13H2,1-2H3,(H,25,27)/t15-,16+,17?,18?,19?,21?. The maximum absolute atomic E-state index is 6.06. The first-order valence-electron chi connectivity index (χ1n) is 11.6. The normalized spacial score (nSPS) is 35.3. The molecule has 1 saturated carbocycles. The fourth-order valence-corrected chi connectivity index (χ4v) is 6.59. The van der Waals surface area contributed by atoms with Crippen molar-refractivity contribution in [1.82, 2.24) is 24.9 Å². The second-order valence-electron chi connectivity index (χ2n) is 10.0. The number of fused-ring (bicyclic) bond motifs is 3. The second-order valence-corrected chi connectivity index (χ2v) is 10.0. The molecule has 4 aliphatic rings. The molecule has 0 radical (unpaired) electrons. The van der Waals surface area contributed by atoms with E-state index in [0.717, 1.165) is 40.5 Å². The van der Waals surface area contributed by atoms with E-state index in [4.69, 9.17) is 4.74 Å². The smallest absolute Gasteiger partial charge is 0.148 e. The predicted octanol–water partition coefficient (Wildman–Crippen LogP) is 2.88. The maximum atomic E-state index is 6.06. The lowest BCUT2D eigenvalue weighted by atomic mass is 9.89. The van der Waals surface area contributed by atoms with Crippen molar-refractivity contribution < 1.29 is 4.74 Å². The Balaban J connectivity index is 1.03. The summed E-state index contributed by atoms with van der Waals surface area (Å²) in [6.07, 6.45) is 9.39. The highest BCUT2D eigenvalue weighted by Gasteiger charge is 2.45. The maximum Gasteiger partial charge on any atom is 0.148 e. The Morgan fingerprint density at radius 2 is 1.93 bits per heavy atom. The molecule has 2 bridgehead atoms. The molecule has 5 heterocycles. The zero-order valence-corrected chi connectivity index (χ0v) is 18.0. The lowest BCUT2D eigenvalue weighted by Crippen LogP contribution is -2.33. The Morgan fingerprint density at radius 3 is 2.53 bits per heavy atom.